The molecule has 0 bridgehead atoms. The fraction of sp³-hybridized carbons (Fsp3) is 0.667. The number of nitrogens with one attached hydrogen (secondary N) is 3. The van der Waals surface area contributed by atoms with Gasteiger partial charge in [-0.05, 0) is 43.1 Å². The first-order valence-electron chi connectivity index (χ1n) is 6.79. The lowest BCUT2D eigenvalue weighted by Gasteiger charge is -2.05. The molecule has 0 radical (unpaired) electrons. The topological polar surface area (TPSA) is 104 Å². The molecule has 21 heavy (non-hydrogen) atoms. The van der Waals surface area contributed by atoms with Gasteiger partial charge in [-0.25, -0.2) is 0 Å². The van der Waals surface area contributed by atoms with Crippen LogP contribution >= 0.6 is 21.6 Å². The molecule has 0 aromatic carbocycles. The zero-order valence-corrected chi connectivity index (χ0v) is 13.2. The Morgan fingerprint density at radius 2 is 1.48 bits per heavy atom. The Morgan fingerprint density at radius 3 is 2.29 bits per heavy atom. The van der Waals surface area contributed by atoms with Gasteiger partial charge in [-0.2, -0.15) is 0 Å². The fourth-order valence-electron chi connectivity index (χ4n) is 1.56. The van der Waals surface area contributed by atoms with Crippen molar-refractivity contribution in [3.63, 3.8) is 0 Å². The Balaban J connectivity index is 2.47. The van der Waals surface area contributed by atoms with Crippen molar-refractivity contribution in [1.82, 2.24) is 16.0 Å². The summed E-state index contributed by atoms with van der Waals surface area (Å²) in [4.78, 5) is 45.7. The van der Waals surface area contributed by atoms with E-state index in [9.17, 15) is 19.2 Å². The summed E-state index contributed by atoms with van der Waals surface area (Å²) in [6.07, 6.45) is 3.60. The zero-order chi connectivity index (χ0) is 15.5. The van der Waals surface area contributed by atoms with E-state index in [-0.39, 0.29) is 0 Å². The first-order chi connectivity index (χ1) is 10.1. The maximum atomic E-state index is 11.4. The molecule has 0 spiro atoms. The minimum Gasteiger partial charge on any atom is -0.348 e. The van der Waals surface area contributed by atoms with Crippen LogP contribution in [0.15, 0.2) is 0 Å². The van der Waals surface area contributed by atoms with Crippen LogP contribution in [0.4, 0.5) is 0 Å². The molecule has 118 valence electrons. The first-order valence-corrected chi connectivity index (χ1v) is 9.11. The maximum Gasteiger partial charge on any atom is 0.316 e. The lowest BCUT2D eigenvalue weighted by atomic mass is 10.2. The SMILES string of the molecule is O=C1NCCCCCNCCCSSC(=O)C(=O)NC1=O. The summed E-state index contributed by atoms with van der Waals surface area (Å²) in [7, 11) is 2.04. The van der Waals surface area contributed by atoms with Crippen LogP contribution in [0.5, 0.6) is 0 Å². The Hall–Kier alpha value is -1.06. The Labute approximate surface area is 131 Å². The van der Waals surface area contributed by atoms with E-state index in [2.05, 4.69) is 10.6 Å². The summed E-state index contributed by atoms with van der Waals surface area (Å²) in [6, 6.07) is 0. The molecule has 9 heteroatoms. The van der Waals surface area contributed by atoms with E-state index in [1.165, 1.54) is 10.8 Å². The molecule has 1 aliphatic heterocycles. The monoisotopic (exact) mass is 333 g/mol. The standard InChI is InChI=1S/C12H19N3O4S2/c16-9-10(17)15-11(18)12(19)21-20-8-4-6-13-5-2-1-3-7-14-9/h13H,1-8H2,(H,14,16)(H,15,17,18). The lowest BCUT2D eigenvalue weighted by molar-refractivity contribution is -0.143. The Morgan fingerprint density at radius 1 is 0.762 bits per heavy atom. The minimum atomic E-state index is -1.09. The molecule has 0 aliphatic carbocycles. The molecular formula is C12H19N3O4S2. The summed E-state index contributed by atoms with van der Waals surface area (Å²) >= 11 is 0. The van der Waals surface area contributed by atoms with Gasteiger partial charge in [0.2, 0.25) is 0 Å². The molecule has 1 aliphatic rings. The van der Waals surface area contributed by atoms with Crippen LogP contribution in [-0.2, 0) is 19.2 Å². The van der Waals surface area contributed by atoms with Gasteiger partial charge in [-0.3, -0.25) is 24.5 Å². The summed E-state index contributed by atoms with van der Waals surface area (Å²) < 4.78 is 0. The van der Waals surface area contributed by atoms with E-state index in [1.54, 1.807) is 5.32 Å². The van der Waals surface area contributed by atoms with Crippen molar-refractivity contribution < 1.29 is 19.2 Å². The average molecular weight is 333 g/mol. The van der Waals surface area contributed by atoms with E-state index in [0.29, 0.717) is 6.54 Å². The second-order valence-corrected chi connectivity index (χ2v) is 6.78. The van der Waals surface area contributed by atoms with Gasteiger partial charge in [-0.15, -0.1) is 0 Å². The van der Waals surface area contributed by atoms with E-state index in [4.69, 9.17) is 0 Å². The van der Waals surface area contributed by atoms with Gasteiger partial charge in [-0.1, -0.05) is 17.2 Å². The van der Waals surface area contributed by atoms with E-state index in [0.717, 1.165) is 55.3 Å². The molecule has 3 amide bonds. The van der Waals surface area contributed by atoms with Crippen LogP contribution in [0.1, 0.15) is 25.7 Å². The van der Waals surface area contributed by atoms with Crippen LogP contribution in [-0.4, -0.2) is 48.2 Å². The Bertz CT molecular complexity index is 368. The van der Waals surface area contributed by atoms with Crippen molar-refractivity contribution >= 4 is 44.4 Å². The summed E-state index contributed by atoms with van der Waals surface area (Å²) in [5.74, 6) is -2.32. The lowest BCUT2D eigenvalue weighted by Crippen LogP contribution is -2.44. The number of amides is 3. The highest BCUT2D eigenvalue weighted by molar-refractivity contribution is 8.82. The molecule has 1 fully saturated rings. The van der Waals surface area contributed by atoms with Crippen molar-refractivity contribution in [2.75, 3.05) is 25.4 Å². The molecule has 0 saturated carbocycles. The molecule has 0 aromatic heterocycles. The van der Waals surface area contributed by atoms with E-state index < -0.39 is 22.8 Å². The van der Waals surface area contributed by atoms with Crippen LogP contribution in [0.3, 0.4) is 0 Å². The number of hydrogen-bond donors (Lipinski definition) is 3. The molecule has 3 N–H and O–H groups in total. The van der Waals surface area contributed by atoms with Gasteiger partial charge < -0.3 is 10.6 Å². The fourth-order valence-corrected chi connectivity index (χ4v) is 3.29. The quantitative estimate of drug-likeness (QED) is 0.321. The Kier molecular flexibility index (Phi) is 9.11. The highest BCUT2D eigenvalue weighted by Crippen LogP contribution is 2.22. The maximum absolute atomic E-state index is 11.4. The average Bonchev–Trinajstić information content (AvgIpc) is 2.46. The molecule has 0 aromatic rings. The van der Waals surface area contributed by atoms with Crippen molar-refractivity contribution in [3.05, 3.63) is 0 Å². The number of rotatable bonds is 0. The molecule has 1 heterocycles. The van der Waals surface area contributed by atoms with Crippen LogP contribution < -0.4 is 16.0 Å². The zero-order valence-electron chi connectivity index (χ0n) is 11.6. The summed E-state index contributed by atoms with van der Waals surface area (Å²) in [5.41, 5.74) is 0. The van der Waals surface area contributed by atoms with Crippen LogP contribution in [0.25, 0.3) is 0 Å². The molecule has 1 rings (SSSR count). The van der Waals surface area contributed by atoms with Crippen molar-refractivity contribution in [2.45, 2.75) is 25.7 Å². The third-order valence-electron chi connectivity index (χ3n) is 2.65. The van der Waals surface area contributed by atoms with Gasteiger partial charge >= 0.3 is 17.7 Å². The van der Waals surface area contributed by atoms with Gasteiger partial charge in [0.05, 0.1) is 0 Å². The van der Waals surface area contributed by atoms with E-state index in [1.807, 2.05) is 0 Å². The largest absolute Gasteiger partial charge is 0.348 e. The number of imide groups is 1. The normalized spacial score (nSPS) is 21.3. The third kappa shape index (κ3) is 8.08. The summed E-state index contributed by atoms with van der Waals surface area (Å²) in [5, 5.41) is 6.71. The molecular weight excluding hydrogens is 314 g/mol. The number of carbonyl (C=O) groups is 4. The van der Waals surface area contributed by atoms with Crippen molar-refractivity contribution in [1.29, 1.82) is 0 Å². The van der Waals surface area contributed by atoms with Gasteiger partial charge in [0, 0.05) is 12.3 Å². The second kappa shape index (κ2) is 10.6. The van der Waals surface area contributed by atoms with Crippen molar-refractivity contribution in [3.8, 4) is 0 Å². The highest BCUT2D eigenvalue weighted by atomic mass is 33.1. The smallest absolute Gasteiger partial charge is 0.316 e. The highest BCUT2D eigenvalue weighted by Gasteiger charge is 2.21. The minimum absolute atomic E-state index is 0.374. The molecule has 7 nitrogen and oxygen atoms in total. The summed E-state index contributed by atoms with van der Waals surface area (Å²) in [6.45, 7) is 2.14. The van der Waals surface area contributed by atoms with Crippen LogP contribution in [0.2, 0.25) is 0 Å². The van der Waals surface area contributed by atoms with Gasteiger partial charge in [0.15, 0.2) is 0 Å². The van der Waals surface area contributed by atoms with Gasteiger partial charge in [0.1, 0.15) is 0 Å². The second-order valence-electron chi connectivity index (χ2n) is 4.40. The van der Waals surface area contributed by atoms with Crippen LogP contribution in [0, 0.1) is 0 Å². The van der Waals surface area contributed by atoms with Crippen molar-refractivity contribution in [2.24, 2.45) is 0 Å². The first kappa shape index (κ1) is 18.0. The van der Waals surface area contributed by atoms with Gasteiger partial charge in [0.25, 0.3) is 5.12 Å². The molecule has 0 unspecified atom stereocenters. The predicted molar refractivity (Wildman–Crippen MR) is 82.6 cm³/mol. The van der Waals surface area contributed by atoms with E-state index >= 15 is 0 Å². The number of carbonyl (C=O) groups excluding carboxylic acids is 4. The number of hydrogen-bond acceptors (Lipinski definition) is 7. The molecule has 1 saturated heterocycles. The molecule has 0 atom stereocenters. The predicted octanol–water partition coefficient (Wildman–Crippen LogP) is -0.183. The third-order valence-corrected chi connectivity index (χ3v) is 4.87.